The van der Waals surface area contributed by atoms with Gasteiger partial charge >= 0.3 is 0 Å². The van der Waals surface area contributed by atoms with Gasteiger partial charge in [0.1, 0.15) is 5.82 Å². The van der Waals surface area contributed by atoms with Crippen LogP contribution in [0.25, 0.3) is 10.9 Å². The molecule has 0 saturated heterocycles. The van der Waals surface area contributed by atoms with Crippen molar-refractivity contribution in [2.24, 2.45) is 16.2 Å². The van der Waals surface area contributed by atoms with Gasteiger partial charge in [0.05, 0.1) is 5.52 Å². The standard InChI is InChI=1S/C8H7FN4O/c9-4-1-2-6-5(3-4)7(12-13-10)8(14)11-6/h1-3,11,14H,(H2,10,12). The quantitative estimate of drug-likeness (QED) is 0.368. The number of nitrogens with one attached hydrogen (secondary N) is 1. The van der Waals surface area contributed by atoms with Crippen LogP contribution in [-0.4, -0.2) is 10.1 Å². The van der Waals surface area contributed by atoms with Gasteiger partial charge in [-0.2, -0.15) is 0 Å². The third-order valence-electron chi connectivity index (χ3n) is 1.87. The number of halogens is 1. The van der Waals surface area contributed by atoms with Crippen molar-refractivity contribution in [1.29, 1.82) is 0 Å². The maximum absolute atomic E-state index is 12.9. The molecule has 0 unspecified atom stereocenters. The summed E-state index contributed by atoms with van der Waals surface area (Å²) in [5.74, 6) is 4.26. The van der Waals surface area contributed by atoms with Gasteiger partial charge in [-0.3, -0.25) is 0 Å². The first-order chi connectivity index (χ1) is 6.72. The maximum atomic E-state index is 12.9. The number of aromatic amines is 1. The molecule has 1 aromatic carbocycles. The van der Waals surface area contributed by atoms with Crippen molar-refractivity contribution < 1.29 is 9.50 Å². The minimum Gasteiger partial charge on any atom is -0.493 e. The highest BCUT2D eigenvalue weighted by molar-refractivity contribution is 5.94. The highest BCUT2D eigenvalue weighted by Gasteiger charge is 2.10. The summed E-state index contributed by atoms with van der Waals surface area (Å²) in [6.07, 6.45) is 0. The average Bonchev–Trinajstić information content (AvgIpc) is 2.45. The zero-order chi connectivity index (χ0) is 10.1. The molecule has 4 N–H and O–H groups in total. The van der Waals surface area contributed by atoms with Gasteiger partial charge in [-0.25, -0.2) is 4.39 Å². The summed E-state index contributed by atoms with van der Waals surface area (Å²) < 4.78 is 12.9. The molecule has 72 valence electrons. The lowest BCUT2D eigenvalue weighted by Gasteiger charge is -1.90. The molecule has 2 aromatic rings. The van der Waals surface area contributed by atoms with E-state index >= 15 is 0 Å². The molecule has 1 aromatic heterocycles. The molecule has 0 amide bonds. The van der Waals surface area contributed by atoms with Gasteiger partial charge in [-0.15, -0.1) is 5.11 Å². The van der Waals surface area contributed by atoms with Crippen LogP contribution in [0.1, 0.15) is 0 Å². The summed E-state index contributed by atoms with van der Waals surface area (Å²) in [5, 5.41) is 16.3. The summed E-state index contributed by atoms with van der Waals surface area (Å²) in [7, 11) is 0. The molecule has 0 fully saturated rings. The Morgan fingerprint density at radius 1 is 1.43 bits per heavy atom. The van der Waals surface area contributed by atoms with Crippen molar-refractivity contribution in [2.75, 3.05) is 0 Å². The SMILES string of the molecule is NN=Nc1c(O)[nH]c2ccc(F)cc12. The van der Waals surface area contributed by atoms with Crippen LogP contribution in [0, 0.1) is 5.82 Å². The van der Waals surface area contributed by atoms with E-state index in [9.17, 15) is 9.50 Å². The topological polar surface area (TPSA) is 86.8 Å². The van der Waals surface area contributed by atoms with Crippen molar-refractivity contribution >= 4 is 16.6 Å². The first kappa shape index (κ1) is 8.49. The predicted molar refractivity (Wildman–Crippen MR) is 48.6 cm³/mol. The fourth-order valence-corrected chi connectivity index (χ4v) is 1.29. The van der Waals surface area contributed by atoms with Gasteiger partial charge in [0.2, 0.25) is 5.88 Å². The van der Waals surface area contributed by atoms with Gasteiger partial charge < -0.3 is 15.9 Å². The van der Waals surface area contributed by atoms with Crippen LogP contribution < -0.4 is 5.84 Å². The van der Waals surface area contributed by atoms with E-state index in [-0.39, 0.29) is 11.6 Å². The molecule has 2 rings (SSSR count). The Kier molecular flexibility index (Phi) is 1.81. The van der Waals surface area contributed by atoms with Crippen LogP contribution in [0.3, 0.4) is 0 Å². The van der Waals surface area contributed by atoms with E-state index in [0.29, 0.717) is 10.9 Å². The number of fused-ring (bicyclic) bond motifs is 1. The van der Waals surface area contributed by atoms with Crippen LogP contribution in [-0.2, 0) is 0 Å². The minimum absolute atomic E-state index is 0.141. The van der Waals surface area contributed by atoms with Gasteiger partial charge in [-0.05, 0) is 18.2 Å². The van der Waals surface area contributed by atoms with Crippen LogP contribution in [0.15, 0.2) is 28.5 Å². The van der Waals surface area contributed by atoms with E-state index in [4.69, 9.17) is 5.84 Å². The van der Waals surface area contributed by atoms with Crippen LogP contribution in [0.5, 0.6) is 5.88 Å². The number of nitrogens with two attached hydrogens (primary N) is 1. The fourth-order valence-electron chi connectivity index (χ4n) is 1.29. The number of hydrogen-bond acceptors (Lipinski definition) is 3. The normalized spacial score (nSPS) is 11.5. The third-order valence-corrected chi connectivity index (χ3v) is 1.87. The molecule has 6 heteroatoms. The zero-order valence-corrected chi connectivity index (χ0v) is 7.03. The maximum Gasteiger partial charge on any atom is 0.218 e. The first-order valence-corrected chi connectivity index (χ1v) is 3.83. The van der Waals surface area contributed by atoms with Crippen molar-refractivity contribution in [1.82, 2.24) is 4.98 Å². The van der Waals surface area contributed by atoms with Crippen LogP contribution in [0.2, 0.25) is 0 Å². The van der Waals surface area contributed by atoms with E-state index in [1.165, 1.54) is 18.2 Å². The second-order valence-electron chi connectivity index (χ2n) is 2.73. The Labute approximate surface area is 78.0 Å². The zero-order valence-electron chi connectivity index (χ0n) is 7.03. The number of hydrogen-bond donors (Lipinski definition) is 3. The van der Waals surface area contributed by atoms with Crippen molar-refractivity contribution in [2.45, 2.75) is 0 Å². The number of rotatable bonds is 1. The lowest BCUT2D eigenvalue weighted by atomic mass is 10.2. The minimum atomic E-state index is -0.412. The van der Waals surface area contributed by atoms with Crippen molar-refractivity contribution in [3.8, 4) is 5.88 Å². The highest BCUT2D eigenvalue weighted by atomic mass is 19.1. The molecular weight excluding hydrogens is 187 g/mol. The van der Waals surface area contributed by atoms with E-state index < -0.39 is 5.82 Å². The molecule has 0 radical (unpaired) electrons. The largest absolute Gasteiger partial charge is 0.493 e. The molecule has 0 atom stereocenters. The van der Waals surface area contributed by atoms with E-state index in [2.05, 4.69) is 15.3 Å². The molecule has 0 aliphatic rings. The smallest absolute Gasteiger partial charge is 0.218 e. The van der Waals surface area contributed by atoms with Crippen molar-refractivity contribution in [3.63, 3.8) is 0 Å². The number of aromatic hydroxyl groups is 1. The number of aromatic nitrogens is 1. The van der Waals surface area contributed by atoms with Crippen LogP contribution >= 0.6 is 0 Å². The van der Waals surface area contributed by atoms with Gasteiger partial charge in [0.15, 0.2) is 5.69 Å². The van der Waals surface area contributed by atoms with Gasteiger partial charge in [-0.1, -0.05) is 5.22 Å². The summed E-state index contributed by atoms with van der Waals surface area (Å²) in [5.41, 5.74) is 0.716. The molecule has 0 aliphatic carbocycles. The summed E-state index contributed by atoms with van der Waals surface area (Å²) in [6, 6.07) is 4.02. The molecule has 0 aliphatic heterocycles. The second-order valence-corrected chi connectivity index (χ2v) is 2.73. The Bertz CT molecular complexity index is 505. The predicted octanol–water partition coefficient (Wildman–Crippen LogP) is 1.97. The number of H-pyrrole nitrogens is 1. The Morgan fingerprint density at radius 2 is 2.21 bits per heavy atom. The monoisotopic (exact) mass is 194 g/mol. The van der Waals surface area contributed by atoms with Gasteiger partial charge in [0.25, 0.3) is 0 Å². The molecule has 0 saturated carbocycles. The molecule has 0 bridgehead atoms. The van der Waals surface area contributed by atoms with Crippen molar-refractivity contribution in [3.05, 3.63) is 24.0 Å². The Morgan fingerprint density at radius 3 is 2.93 bits per heavy atom. The Balaban J connectivity index is 2.79. The Hall–Kier alpha value is -2.11. The summed E-state index contributed by atoms with van der Waals surface area (Å²) >= 11 is 0. The molecule has 14 heavy (non-hydrogen) atoms. The molecule has 1 heterocycles. The molecular formula is C8H7FN4O. The highest BCUT2D eigenvalue weighted by Crippen LogP contribution is 2.35. The van der Waals surface area contributed by atoms with E-state index in [1.807, 2.05) is 0 Å². The lowest BCUT2D eigenvalue weighted by Crippen LogP contribution is -1.74. The van der Waals surface area contributed by atoms with E-state index in [1.54, 1.807) is 0 Å². The molecule has 5 nitrogen and oxygen atoms in total. The summed E-state index contributed by atoms with van der Waals surface area (Å²) in [4.78, 5) is 2.62. The third kappa shape index (κ3) is 1.17. The second kappa shape index (κ2) is 2.99. The average molecular weight is 194 g/mol. The fraction of sp³-hybridized carbons (Fsp3) is 0. The number of benzene rings is 1. The summed E-state index contributed by atoms with van der Waals surface area (Å²) in [6.45, 7) is 0. The van der Waals surface area contributed by atoms with E-state index in [0.717, 1.165) is 0 Å². The lowest BCUT2D eigenvalue weighted by molar-refractivity contribution is 0.459. The molecule has 0 spiro atoms. The first-order valence-electron chi connectivity index (χ1n) is 3.83. The van der Waals surface area contributed by atoms with Crippen LogP contribution in [0.4, 0.5) is 10.1 Å². The van der Waals surface area contributed by atoms with Gasteiger partial charge in [0, 0.05) is 5.39 Å². The number of nitrogens with zero attached hydrogens (tertiary/aromatic N) is 2.